The topological polar surface area (TPSA) is 179 Å². The summed E-state index contributed by atoms with van der Waals surface area (Å²) >= 11 is 0. The number of ether oxygens (including phenoxy) is 9. The van der Waals surface area contributed by atoms with Gasteiger partial charge in [-0.25, -0.2) is 4.79 Å². The van der Waals surface area contributed by atoms with Crippen LogP contribution in [0.25, 0.3) is 0 Å². The fraction of sp³-hybridized carbons (Fsp3) is 0.889. The van der Waals surface area contributed by atoms with Gasteiger partial charge in [-0.05, 0) is 48.5 Å². The normalized spacial score (nSPS) is 36.1. The summed E-state index contributed by atoms with van der Waals surface area (Å²) < 4.78 is 52.3. The second kappa shape index (κ2) is 12.1. The molecular formula is C27H44N2O13. The van der Waals surface area contributed by atoms with Crippen molar-refractivity contribution in [1.82, 2.24) is 10.6 Å². The molecule has 0 bridgehead atoms. The summed E-state index contributed by atoms with van der Waals surface area (Å²) in [5.74, 6) is -3.57. The van der Waals surface area contributed by atoms with E-state index < -0.39 is 103 Å². The number of carboxylic acids is 1. The average Bonchev–Trinajstić information content (AvgIpc) is 3.50. The molecule has 0 aromatic carbocycles. The number of aliphatic carboxylic acids is 1. The van der Waals surface area contributed by atoms with Gasteiger partial charge in [0.05, 0.1) is 18.5 Å². The van der Waals surface area contributed by atoms with Crippen LogP contribution in [0.15, 0.2) is 0 Å². The summed E-state index contributed by atoms with van der Waals surface area (Å²) in [7, 11) is 2.92. The summed E-state index contributed by atoms with van der Waals surface area (Å²) in [5.41, 5.74) is -0.806. The number of amides is 2. The monoisotopic (exact) mass is 604 g/mol. The van der Waals surface area contributed by atoms with Crippen LogP contribution in [-0.4, -0.2) is 116 Å². The van der Waals surface area contributed by atoms with Gasteiger partial charge in [-0.1, -0.05) is 0 Å². The van der Waals surface area contributed by atoms with E-state index in [-0.39, 0.29) is 6.42 Å². The third kappa shape index (κ3) is 7.50. The molecule has 0 aromatic heterocycles. The van der Waals surface area contributed by atoms with Crippen molar-refractivity contribution in [3.05, 3.63) is 0 Å². The first-order valence-electron chi connectivity index (χ1n) is 14.0. The van der Waals surface area contributed by atoms with Crippen LogP contribution in [0, 0.1) is 0 Å². The van der Waals surface area contributed by atoms with Gasteiger partial charge in [0.2, 0.25) is 5.91 Å². The molecule has 4 heterocycles. The van der Waals surface area contributed by atoms with Crippen LogP contribution in [0.4, 0.5) is 4.79 Å². The van der Waals surface area contributed by atoms with Crippen molar-refractivity contribution in [3.8, 4) is 0 Å². The predicted molar refractivity (Wildman–Crippen MR) is 141 cm³/mol. The van der Waals surface area contributed by atoms with Gasteiger partial charge in [0.15, 0.2) is 24.2 Å². The molecule has 4 saturated heterocycles. The summed E-state index contributed by atoms with van der Waals surface area (Å²) in [4.78, 5) is 38.1. The first kappa shape index (κ1) is 32.8. The highest BCUT2D eigenvalue weighted by Gasteiger charge is 2.59. The number of nitrogens with one attached hydrogen (secondary N) is 2. The molecule has 15 heteroatoms. The molecular weight excluding hydrogens is 560 g/mol. The minimum absolute atomic E-state index is 0.319. The second-order valence-corrected chi connectivity index (χ2v) is 12.8. The maximum Gasteiger partial charge on any atom is 0.407 e. The Morgan fingerprint density at radius 1 is 0.786 bits per heavy atom. The number of hydrogen-bond donors (Lipinski definition) is 3. The Bertz CT molecular complexity index is 1010. The molecule has 0 radical (unpaired) electrons. The van der Waals surface area contributed by atoms with Crippen molar-refractivity contribution >= 4 is 18.0 Å². The van der Waals surface area contributed by atoms with Gasteiger partial charge in [0, 0.05) is 20.6 Å². The molecule has 15 nitrogen and oxygen atoms in total. The maximum atomic E-state index is 13.5. The van der Waals surface area contributed by atoms with Crippen LogP contribution in [0.1, 0.15) is 61.3 Å². The molecule has 10 unspecified atom stereocenters. The molecule has 4 fully saturated rings. The molecule has 240 valence electrons. The molecule has 4 rings (SSSR count). The van der Waals surface area contributed by atoms with Gasteiger partial charge in [-0.3, -0.25) is 9.59 Å². The summed E-state index contributed by atoms with van der Waals surface area (Å²) in [6.45, 7) is 12.1. The van der Waals surface area contributed by atoms with E-state index in [0.29, 0.717) is 0 Å². The van der Waals surface area contributed by atoms with Crippen LogP contribution in [0.2, 0.25) is 0 Å². The van der Waals surface area contributed by atoms with E-state index in [1.807, 2.05) is 0 Å². The fourth-order valence-electron chi connectivity index (χ4n) is 5.80. The number of carbonyl (C=O) groups excluding carboxylic acids is 2. The molecule has 0 spiro atoms. The van der Waals surface area contributed by atoms with Crippen molar-refractivity contribution in [3.63, 3.8) is 0 Å². The zero-order valence-corrected chi connectivity index (χ0v) is 25.5. The van der Waals surface area contributed by atoms with E-state index in [1.165, 1.54) is 14.2 Å². The Kier molecular flexibility index (Phi) is 9.46. The number of rotatable bonds is 10. The van der Waals surface area contributed by atoms with E-state index >= 15 is 0 Å². The Morgan fingerprint density at radius 3 is 1.64 bits per heavy atom. The quantitative estimate of drug-likeness (QED) is 0.322. The zero-order chi connectivity index (χ0) is 31.2. The van der Waals surface area contributed by atoms with Crippen molar-refractivity contribution in [2.75, 3.05) is 14.2 Å². The third-order valence-corrected chi connectivity index (χ3v) is 7.24. The highest BCUT2D eigenvalue weighted by atomic mass is 16.9. The minimum Gasteiger partial charge on any atom is -0.481 e. The molecule has 4 aliphatic heterocycles. The van der Waals surface area contributed by atoms with E-state index in [0.717, 1.165) is 0 Å². The number of carboxylic acid groups (broad SMARTS) is 1. The van der Waals surface area contributed by atoms with Crippen LogP contribution in [-0.2, 0) is 52.2 Å². The highest BCUT2D eigenvalue weighted by Crippen LogP contribution is 2.41. The molecule has 0 saturated carbocycles. The van der Waals surface area contributed by atoms with Crippen LogP contribution >= 0.6 is 0 Å². The maximum absolute atomic E-state index is 13.5. The van der Waals surface area contributed by atoms with Crippen LogP contribution in [0.3, 0.4) is 0 Å². The number of fused-ring (bicyclic) bond motifs is 2. The minimum atomic E-state index is -1.16. The van der Waals surface area contributed by atoms with Gasteiger partial charge >= 0.3 is 12.1 Å². The third-order valence-electron chi connectivity index (χ3n) is 7.24. The molecule has 10 atom stereocenters. The van der Waals surface area contributed by atoms with Gasteiger partial charge in [0.1, 0.15) is 42.2 Å². The van der Waals surface area contributed by atoms with Gasteiger partial charge in [-0.15, -0.1) is 0 Å². The fourth-order valence-corrected chi connectivity index (χ4v) is 5.80. The van der Waals surface area contributed by atoms with Gasteiger partial charge in [-0.2, -0.15) is 0 Å². The number of methoxy groups -OCH3 is 2. The summed E-state index contributed by atoms with van der Waals surface area (Å²) in [5, 5.41) is 15.1. The number of hydrogen-bond acceptors (Lipinski definition) is 12. The van der Waals surface area contributed by atoms with Crippen LogP contribution in [0.5, 0.6) is 0 Å². The van der Waals surface area contributed by atoms with E-state index in [9.17, 15) is 19.5 Å². The van der Waals surface area contributed by atoms with Gasteiger partial charge < -0.3 is 58.4 Å². The predicted octanol–water partition coefficient (Wildman–Crippen LogP) is 1.01. The highest BCUT2D eigenvalue weighted by molar-refractivity contribution is 5.79. The van der Waals surface area contributed by atoms with E-state index in [4.69, 9.17) is 42.6 Å². The molecule has 42 heavy (non-hydrogen) atoms. The van der Waals surface area contributed by atoms with Crippen molar-refractivity contribution in [2.24, 2.45) is 0 Å². The zero-order valence-electron chi connectivity index (χ0n) is 25.5. The number of carbonyl (C=O) groups is 3. The molecule has 2 amide bonds. The van der Waals surface area contributed by atoms with Crippen molar-refractivity contribution in [1.29, 1.82) is 0 Å². The lowest BCUT2D eigenvalue weighted by atomic mass is 9.98. The molecule has 0 aliphatic carbocycles. The Balaban J connectivity index is 1.51. The van der Waals surface area contributed by atoms with Gasteiger partial charge in [0.25, 0.3) is 0 Å². The molecule has 4 aliphatic rings. The lowest BCUT2D eigenvalue weighted by Crippen LogP contribution is -2.55. The Labute approximate surface area is 245 Å². The lowest BCUT2D eigenvalue weighted by Gasteiger charge is -2.33. The Hall–Kier alpha value is -2.11. The smallest absolute Gasteiger partial charge is 0.407 e. The molecule has 3 N–H and O–H groups in total. The standard InChI is InChI=1S/C27H44N2O13/c1-25(2,3)42-24(33)29-12(16-18(34-8)20-22(36-16)40-26(4,5)38-20)10-14(30)28-13(11-15(31)32)17-19(35-9)21-23(37-17)41-27(6,7)39-21/h12-13,16-23H,10-11H2,1-9H3,(H,28,30)(H,29,33)(H,31,32). The first-order chi connectivity index (χ1) is 19.4. The number of alkyl carbamates (subject to hydrolysis) is 1. The summed E-state index contributed by atoms with van der Waals surface area (Å²) in [6.07, 6.45) is -7.57. The average molecular weight is 605 g/mol. The Morgan fingerprint density at radius 2 is 1.24 bits per heavy atom. The van der Waals surface area contributed by atoms with Crippen molar-refractivity contribution < 1.29 is 62.1 Å². The first-order valence-corrected chi connectivity index (χ1v) is 14.0. The second-order valence-electron chi connectivity index (χ2n) is 12.8. The lowest BCUT2D eigenvalue weighted by molar-refractivity contribution is -0.220. The van der Waals surface area contributed by atoms with Crippen molar-refractivity contribution in [2.45, 2.75) is 140 Å². The summed E-state index contributed by atoms with van der Waals surface area (Å²) in [6, 6.07) is -1.98. The van der Waals surface area contributed by atoms with E-state index in [1.54, 1.807) is 48.5 Å². The molecule has 0 aromatic rings. The SMILES string of the molecule is COC1C(C(CC(=O)O)NC(=O)CC(NC(=O)OC(C)(C)C)C2OC3OC(C)(C)OC3C2OC)OC2OC(C)(C)OC21. The van der Waals surface area contributed by atoms with E-state index in [2.05, 4.69) is 10.6 Å². The van der Waals surface area contributed by atoms with Crippen LogP contribution < -0.4 is 10.6 Å². The largest absolute Gasteiger partial charge is 0.481 e.